The monoisotopic (exact) mass is 380 g/mol. The van der Waals surface area contributed by atoms with Crippen molar-refractivity contribution in [1.29, 1.82) is 5.26 Å². The largest absolute Gasteiger partial charge is 0.374 e. The van der Waals surface area contributed by atoms with E-state index in [4.69, 9.17) is 5.26 Å². The molecule has 2 aromatic heterocycles. The molecule has 4 N–H and O–H groups in total. The number of benzene rings is 1. The Morgan fingerprint density at radius 3 is 3.11 bits per heavy atom. The molecule has 4 rings (SSSR count). The van der Waals surface area contributed by atoms with Crippen molar-refractivity contribution in [3.05, 3.63) is 47.7 Å². The lowest BCUT2D eigenvalue weighted by molar-refractivity contribution is 0.136. The quantitative estimate of drug-likeness (QED) is 0.487. The Morgan fingerprint density at radius 2 is 2.30 bits per heavy atom. The average Bonchev–Trinajstić information content (AvgIpc) is 3.34. The highest BCUT2D eigenvalue weighted by molar-refractivity contribution is 7.22. The van der Waals surface area contributed by atoms with Gasteiger partial charge in [-0.3, -0.25) is 5.32 Å². The highest BCUT2D eigenvalue weighted by atomic mass is 32.1. The molecule has 8 heteroatoms. The van der Waals surface area contributed by atoms with Crippen LogP contribution in [0.5, 0.6) is 0 Å². The molecule has 27 heavy (non-hydrogen) atoms. The van der Waals surface area contributed by atoms with E-state index in [-0.39, 0.29) is 0 Å². The van der Waals surface area contributed by atoms with Crippen LogP contribution in [0.3, 0.4) is 0 Å². The van der Waals surface area contributed by atoms with Gasteiger partial charge < -0.3 is 15.7 Å². The van der Waals surface area contributed by atoms with Crippen molar-refractivity contribution in [2.24, 2.45) is 0 Å². The molecule has 1 aromatic carbocycles. The van der Waals surface area contributed by atoms with Crippen molar-refractivity contribution in [3.8, 4) is 6.07 Å². The summed E-state index contributed by atoms with van der Waals surface area (Å²) in [4.78, 5) is 8.83. The Labute approximate surface area is 161 Å². The van der Waals surface area contributed by atoms with Crippen LogP contribution in [0.1, 0.15) is 30.2 Å². The SMILES string of the molecule is N#Cc1ccc2nc(Nc3cc(C(O)NCC4CCCN4)ccn3)sc2c1. The number of aliphatic hydroxyl groups is 1. The van der Waals surface area contributed by atoms with E-state index in [1.54, 1.807) is 18.3 Å². The third kappa shape index (κ3) is 4.23. The number of hydrogen-bond donors (Lipinski definition) is 4. The predicted molar refractivity (Wildman–Crippen MR) is 106 cm³/mol. The Bertz CT molecular complexity index is 976. The Morgan fingerprint density at radius 1 is 1.37 bits per heavy atom. The average molecular weight is 380 g/mol. The fraction of sp³-hybridized carbons (Fsp3) is 0.316. The van der Waals surface area contributed by atoms with Crippen LogP contribution in [0.25, 0.3) is 10.2 Å². The first kappa shape index (κ1) is 17.8. The fourth-order valence-electron chi connectivity index (χ4n) is 3.15. The summed E-state index contributed by atoms with van der Waals surface area (Å²) in [5.41, 5.74) is 2.20. The number of aromatic nitrogens is 2. The molecule has 1 aliphatic heterocycles. The van der Waals surface area contributed by atoms with Gasteiger partial charge >= 0.3 is 0 Å². The summed E-state index contributed by atoms with van der Waals surface area (Å²) in [5.74, 6) is 0.618. The van der Waals surface area contributed by atoms with E-state index in [0.717, 1.165) is 35.3 Å². The lowest BCUT2D eigenvalue weighted by Gasteiger charge is -2.17. The molecule has 0 radical (unpaired) electrons. The number of fused-ring (bicyclic) bond motifs is 1. The lowest BCUT2D eigenvalue weighted by Crippen LogP contribution is -2.35. The number of nitrogens with zero attached hydrogens (tertiary/aromatic N) is 3. The molecule has 3 heterocycles. The molecule has 138 valence electrons. The van der Waals surface area contributed by atoms with Crippen LogP contribution in [-0.2, 0) is 0 Å². The maximum atomic E-state index is 10.4. The summed E-state index contributed by atoms with van der Waals surface area (Å²) in [6.45, 7) is 1.77. The zero-order valence-electron chi connectivity index (χ0n) is 14.6. The smallest absolute Gasteiger partial charge is 0.189 e. The molecule has 1 aliphatic rings. The number of rotatable bonds is 6. The number of nitrogens with one attached hydrogen (secondary N) is 3. The van der Waals surface area contributed by atoms with Crippen molar-refractivity contribution in [2.45, 2.75) is 25.1 Å². The zero-order chi connectivity index (χ0) is 18.6. The minimum Gasteiger partial charge on any atom is -0.374 e. The highest BCUT2D eigenvalue weighted by Gasteiger charge is 2.16. The minimum absolute atomic E-state index is 0.417. The number of aliphatic hydroxyl groups excluding tert-OH is 1. The molecule has 1 fully saturated rings. The number of thiazole rings is 1. The third-order valence-electron chi connectivity index (χ3n) is 4.57. The first-order chi connectivity index (χ1) is 13.2. The maximum absolute atomic E-state index is 10.4. The van der Waals surface area contributed by atoms with Gasteiger partial charge in [0.25, 0.3) is 0 Å². The van der Waals surface area contributed by atoms with Crippen LogP contribution < -0.4 is 16.0 Å². The van der Waals surface area contributed by atoms with Crippen molar-refractivity contribution < 1.29 is 5.11 Å². The molecule has 0 aliphatic carbocycles. The van der Waals surface area contributed by atoms with E-state index in [0.29, 0.717) is 22.6 Å². The Hall–Kier alpha value is -2.57. The number of anilines is 2. The van der Waals surface area contributed by atoms with Gasteiger partial charge in [0.15, 0.2) is 5.13 Å². The van der Waals surface area contributed by atoms with Gasteiger partial charge in [-0.25, -0.2) is 9.97 Å². The zero-order valence-corrected chi connectivity index (χ0v) is 15.5. The molecule has 0 saturated carbocycles. The van der Waals surface area contributed by atoms with Crippen LogP contribution in [-0.4, -0.2) is 34.2 Å². The minimum atomic E-state index is -0.746. The third-order valence-corrected chi connectivity index (χ3v) is 5.51. The van der Waals surface area contributed by atoms with Crippen molar-refractivity contribution in [2.75, 3.05) is 18.4 Å². The summed E-state index contributed by atoms with van der Waals surface area (Å²) in [7, 11) is 0. The van der Waals surface area contributed by atoms with Crippen LogP contribution in [0, 0.1) is 11.3 Å². The lowest BCUT2D eigenvalue weighted by atomic mass is 10.2. The van der Waals surface area contributed by atoms with E-state index >= 15 is 0 Å². The number of nitriles is 1. The summed E-state index contributed by atoms with van der Waals surface area (Å²) < 4.78 is 0.943. The Kier molecular flexibility index (Phi) is 5.27. The van der Waals surface area contributed by atoms with Gasteiger partial charge in [-0.05, 0) is 49.7 Å². The fourth-order valence-corrected chi connectivity index (χ4v) is 4.06. The second kappa shape index (κ2) is 7.98. The molecule has 0 bridgehead atoms. The van der Waals surface area contributed by atoms with Gasteiger partial charge in [0.05, 0.1) is 21.8 Å². The molecular formula is C19H20N6OS. The first-order valence-electron chi connectivity index (χ1n) is 8.90. The second-order valence-electron chi connectivity index (χ2n) is 6.52. The van der Waals surface area contributed by atoms with E-state index in [1.165, 1.54) is 17.8 Å². The standard InChI is InChI=1S/C19H20N6OS/c20-10-12-3-4-15-16(8-12)27-19(24-15)25-17-9-13(5-7-22-17)18(26)23-11-14-2-1-6-21-14/h3-5,7-9,14,18,21,23,26H,1-2,6,11H2,(H,22,24,25). The molecule has 0 amide bonds. The number of hydrogen-bond acceptors (Lipinski definition) is 8. The molecule has 1 saturated heterocycles. The molecule has 3 aromatic rings. The van der Waals surface area contributed by atoms with Crippen LogP contribution in [0.15, 0.2) is 36.5 Å². The summed E-state index contributed by atoms with van der Waals surface area (Å²) in [6, 6.07) is 11.6. The Balaban J connectivity index is 1.45. The van der Waals surface area contributed by atoms with Gasteiger partial charge in [0.2, 0.25) is 0 Å². The van der Waals surface area contributed by atoms with Gasteiger partial charge in [-0.1, -0.05) is 11.3 Å². The van der Waals surface area contributed by atoms with E-state index in [9.17, 15) is 5.11 Å². The normalized spacial score (nSPS) is 17.7. The van der Waals surface area contributed by atoms with Gasteiger partial charge in [0.1, 0.15) is 12.0 Å². The van der Waals surface area contributed by atoms with Gasteiger partial charge in [-0.2, -0.15) is 5.26 Å². The van der Waals surface area contributed by atoms with Crippen molar-refractivity contribution in [1.82, 2.24) is 20.6 Å². The summed E-state index contributed by atoms with van der Waals surface area (Å²) >= 11 is 1.46. The molecule has 2 unspecified atom stereocenters. The van der Waals surface area contributed by atoms with Gasteiger partial charge in [0, 0.05) is 24.3 Å². The van der Waals surface area contributed by atoms with Crippen molar-refractivity contribution in [3.63, 3.8) is 0 Å². The maximum Gasteiger partial charge on any atom is 0.189 e. The summed E-state index contributed by atoms with van der Waals surface area (Å²) in [5, 5.41) is 29.9. The summed E-state index contributed by atoms with van der Waals surface area (Å²) in [6.07, 6.45) is 3.24. The van der Waals surface area contributed by atoms with Crippen LogP contribution in [0.4, 0.5) is 10.9 Å². The van der Waals surface area contributed by atoms with Crippen LogP contribution >= 0.6 is 11.3 Å². The van der Waals surface area contributed by atoms with Gasteiger partial charge in [-0.15, -0.1) is 0 Å². The molecular weight excluding hydrogens is 360 g/mol. The topological polar surface area (TPSA) is 106 Å². The predicted octanol–water partition coefficient (Wildman–Crippen LogP) is 2.64. The number of pyridine rings is 1. The second-order valence-corrected chi connectivity index (χ2v) is 7.55. The first-order valence-corrected chi connectivity index (χ1v) is 9.71. The molecule has 2 atom stereocenters. The molecule has 7 nitrogen and oxygen atoms in total. The van der Waals surface area contributed by atoms with Crippen molar-refractivity contribution >= 4 is 32.5 Å². The van der Waals surface area contributed by atoms with E-state index in [1.807, 2.05) is 18.2 Å². The highest BCUT2D eigenvalue weighted by Crippen LogP contribution is 2.29. The van der Waals surface area contributed by atoms with Crippen LogP contribution in [0.2, 0.25) is 0 Å². The van der Waals surface area contributed by atoms with E-state index < -0.39 is 6.23 Å². The van der Waals surface area contributed by atoms with E-state index in [2.05, 4.69) is 32.0 Å². The molecule has 0 spiro atoms.